The highest BCUT2D eigenvalue weighted by Gasteiger charge is 2.41. The van der Waals surface area contributed by atoms with E-state index in [1.165, 1.54) is 19.1 Å². The van der Waals surface area contributed by atoms with Gasteiger partial charge in [-0.25, -0.2) is 4.79 Å². The Labute approximate surface area is 201 Å². The van der Waals surface area contributed by atoms with Gasteiger partial charge in [0.05, 0.1) is 16.7 Å². The number of para-hydroxylation sites is 1. The van der Waals surface area contributed by atoms with Crippen LogP contribution in [0.25, 0.3) is 5.69 Å². The molecule has 1 N–H and O–H groups in total. The van der Waals surface area contributed by atoms with Crippen molar-refractivity contribution in [2.45, 2.75) is 26.8 Å². The fourth-order valence-electron chi connectivity index (χ4n) is 4.05. The minimum atomic E-state index is -1.22. The fraction of sp³-hybridized carbons (Fsp3) is 0.192. The Morgan fingerprint density at radius 3 is 2.14 bits per heavy atom. The Balaban J connectivity index is 1.47. The van der Waals surface area contributed by atoms with Crippen molar-refractivity contribution in [1.29, 1.82) is 5.26 Å². The summed E-state index contributed by atoms with van der Waals surface area (Å²) in [5.74, 6) is -2.49. The number of benzene rings is 2. The zero-order chi connectivity index (χ0) is 25.3. The Kier molecular flexibility index (Phi) is 6.21. The van der Waals surface area contributed by atoms with Gasteiger partial charge < -0.3 is 10.1 Å². The second kappa shape index (κ2) is 9.27. The number of nitrogens with one attached hydrogen (secondary N) is 1. The number of amides is 3. The van der Waals surface area contributed by atoms with E-state index in [1.54, 1.807) is 23.6 Å². The molecule has 0 radical (unpaired) electrons. The largest absolute Gasteiger partial charge is 0.454 e. The summed E-state index contributed by atoms with van der Waals surface area (Å²) in [5, 5.41) is 12.3. The van der Waals surface area contributed by atoms with E-state index in [9.17, 15) is 24.4 Å². The van der Waals surface area contributed by atoms with Crippen molar-refractivity contribution in [3.05, 3.63) is 82.5 Å². The van der Waals surface area contributed by atoms with Crippen LogP contribution in [0.5, 0.6) is 0 Å². The average Bonchev–Trinajstić information content (AvgIpc) is 3.26. The predicted octanol–water partition coefficient (Wildman–Crippen LogP) is 3.13. The molecule has 0 spiro atoms. The maximum atomic E-state index is 12.7. The molecule has 0 aliphatic carbocycles. The van der Waals surface area contributed by atoms with Gasteiger partial charge in [-0.3, -0.25) is 23.9 Å². The van der Waals surface area contributed by atoms with Crippen LogP contribution in [0.4, 0.5) is 5.82 Å². The topological polar surface area (TPSA) is 122 Å². The van der Waals surface area contributed by atoms with Crippen LogP contribution in [0.2, 0.25) is 0 Å². The maximum absolute atomic E-state index is 12.7. The number of fused-ring (bicyclic) bond motifs is 1. The van der Waals surface area contributed by atoms with Gasteiger partial charge in [0, 0.05) is 11.4 Å². The molecule has 9 heteroatoms. The molecule has 2 aromatic carbocycles. The van der Waals surface area contributed by atoms with Crippen LogP contribution in [-0.4, -0.2) is 45.8 Å². The fourth-order valence-corrected chi connectivity index (χ4v) is 4.05. The maximum Gasteiger partial charge on any atom is 0.329 e. The van der Waals surface area contributed by atoms with E-state index in [-0.39, 0.29) is 16.9 Å². The highest BCUT2D eigenvalue weighted by Crippen LogP contribution is 2.30. The third-order valence-corrected chi connectivity index (χ3v) is 6.00. The van der Waals surface area contributed by atoms with Crippen molar-refractivity contribution in [3.8, 4) is 11.8 Å². The molecular formula is C26H22N4O5. The number of aromatic nitrogens is 1. The molecule has 0 saturated heterocycles. The summed E-state index contributed by atoms with van der Waals surface area (Å²) >= 11 is 0. The number of ether oxygens (including phenoxy) is 1. The molecule has 0 fully saturated rings. The molecular weight excluding hydrogens is 448 g/mol. The normalized spacial score (nSPS) is 13.3. The number of anilines is 1. The van der Waals surface area contributed by atoms with Gasteiger partial charge in [-0.15, -0.1) is 0 Å². The van der Waals surface area contributed by atoms with Gasteiger partial charge in [-0.05, 0) is 50.6 Å². The summed E-state index contributed by atoms with van der Waals surface area (Å²) in [6, 6.07) is 16.4. The molecule has 0 bridgehead atoms. The number of hydrogen-bond acceptors (Lipinski definition) is 6. The molecule has 4 rings (SSSR count). The molecule has 1 aliphatic heterocycles. The van der Waals surface area contributed by atoms with Crippen molar-refractivity contribution in [2.75, 3.05) is 11.9 Å². The molecule has 1 unspecified atom stereocenters. The van der Waals surface area contributed by atoms with Gasteiger partial charge in [-0.1, -0.05) is 30.3 Å². The van der Waals surface area contributed by atoms with Crippen molar-refractivity contribution in [2.24, 2.45) is 0 Å². The van der Waals surface area contributed by atoms with Gasteiger partial charge in [-0.2, -0.15) is 5.26 Å². The quantitative estimate of drug-likeness (QED) is 0.436. The smallest absolute Gasteiger partial charge is 0.329 e. The SMILES string of the molecule is Cc1c(C#N)c(NC(=O)COC(=O)C(C)N2C(=O)c3ccccc3C2=O)n(-c2ccccc2)c1C. The zero-order valence-corrected chi connectivity index (χ0v) is 19.4. The first-order valence-electron chi connectivity index (χ1n) is 10.9. The molecule has 176 valence electrons. The first-order valence-corrected chi connectivity index (χ1v) is 10.9. The molecule has 9 nitrogen and oxygen atoms in total. The summed E-state index contributed by atoms with van der Waals surface area (Å²) in [6.07, 6.45) is 0. The van der Waals surface area contributed by atoms with Crippen LogP contribution in [0, 0.1) is 25.2 Å². The molecule has 2 heterocycles. The van der Waals surface area contributed by atoms with E-state index in [1.807, 2.05) is 37.3 Å². The van der Waals surface area contributed by atoms with E-state index < -0.39 is 36.3 Å². The van der Waals surface area contributed by atoms with Gasteiger partial charge in [0.25, 0.3) is 17.7 Å². The predicted molar refractivity (Wildman–Crippen MR) is 126 cm³/mol. The lowest BCUT2D eigenvalue weighted by molar-refractivity contribution is -0.150. The standard InChI is InChI=1S/C26H22N4O5/c1-15-16(2)29(18-9-5-4-6-10-18)23(21(15)13-27)28-22(31)14-35-26(34)17(3)30-24(32)19-11-7-8-12-20(19)25(30)33/h4-12,17H,14H2,1-3H3,(H,28,31). The third kappa shape index (κ3) is 4.06. The summed E-state index contributed by atoms with van der Waals surface area (Å²) in [7, 11) is 0. The Morgan fingerprint density at radius 1 is 1.00 bits per heavy atom. The van der Waals surface area contributed by atoms with Crippen molar-refractivity contribution >= 4 is 29.5 Å². The second-order valence-electron chi connectivity index (χ2n) is 8.07. The van der Waals surface area contributed by atoms with Crippen LogP contribution >= 0.6 is 0 Å². The minimum absolute atomic E-state index is 0.214. The number of rotatable bonds is 6. The lowest BCUT2D eigenvalue weighted by atomic mass is 10.1. The van der Waals surface area contributed by atoms with E-state index in [0.29, 0.717) is 11.1 Å². The van der Waals surface area contributed by atoms with E-state index >= 15 is 0 Å². The molecule has 1 aromatic heterocycles. The first kappa shape index (κ1) is 23.4. The lowest BCUT2D eigenvalue weighted by Crippen LogP contribution is -2.44. The van der Waals surface area contributed by atoms with Crippen LogP contribution in [0.15, 0.2) is 54.6 Å². The number of esters is 1. The van der Waals surface area contributed by atoms with Gasteiger partial charge >= 0.3 is 5.97 Å². The number of carbonyl (C=O) groups excluding carboxylic acids is 4. The minimum Gasteiger partial charge on any atom is -0.454 e. The van der Waals surface area contributed by atoms with Crippen molar-refractivity contribution in [3.63, 3.8) is 0 Å². The highest BCUT2D eigenvalue weighted by atomic mass is 16.5. The summed E-state index contributed by atoms with van der Waals surface area (Å²) in [4.78, 5) is 51.3. The number of nitrogens with zero attached hydrogens (tertiary/aromatic N) is 3. The summed E-state index contributed by atoms with van der Waals surface area (Å²) in [6.45, 7) is 4.33. The molecule has 0 saturated carbocycles. The van der Waals surface area contributed by atoms with Gasteiger partial charge in [0.2, 0.25) is 0 Å². The molecule has 1 atom stereocenters. The van der Waals surface area contributed by atoms with Crippen LogP contribution in [-0.2, 0) is 14.3 Å². The van der Waals surface area contributed by atoms with E-state index in [4.69, 9.17) is 4.74 Å². The van der Waals surface area contributed by atoms with Crippen molar-refractivity contribution in [1.82, 2.24) is 9.47 Å². The number of carbonyl (C=O) groups is 4. The summed E-state index contributed by atoms with van der Waals surface area (Å²) in [5.41, 5.74) is 2.96. The monoisotopic (exact) mass is 470 g/mol. The Bertz CT molecular complexity index is 1370. The van der Waals surface area contributed by atoms with Gasteiger partial charge in [0.1, 0.15) is 17.9 Å². The second-order valence-corrected chi connectivity index (χ2v) is 8.07. The molecule has 1 aliphatic rings. The first-order chi connectivity index (χ1) is 16.8. The Morgan fingerprint density at radius 2 is 1.57 bits per heavy atom. The van der Waals surface area contributed by atoms with Crippen LogP contribution < -0.4 is 5.32 Å². The third-order valence-electron chi connectivity index (χ3n) is 6.00. The van der Waals surface area contributed by atoms with E-state index in [2.05, 4.69) is 11.4 Å². The average molecular weight is 470 g/mol. The molecule has 3 aromatic rings. The molecule has 3 amide bonds. The highest BCUT2D eigenvalue weighted by molar-refractivity contribution is 6.22. The molecule has 35 heavy (non-hydrogen) atoms. The summed E-state index contributed by atoms with van der Waals surface area (Å²) < 4.78 is 6.86. The van der Waals surface area contributed by atoms with Crippen LogP contribution in [0.3, 0.4) is 0 Å². The lowest BCUT2D eigenvalue weighted by Gasteiger charge is -2.20. The van der Waals surface area contributed by atoms with Crippen LogP contribution in [0.1, 0.15) is 44.5 Å². The van der Waals surface area contributed by atoms with Gasteiger partial charge in [0.15, 0.2) is 6.61 Å². The number of hydrogen-bond donors (Lipinski definition) is 1. The Hall–Kier alpha value is -4.71. The van der Waals surface area contributed by atoms with Crippen molar-refractivity contribution < 1.29 is 23.9 Å². The number of nitriles is 1. The zero-order valence-electron chi connectivity index (χ0n) is 19.4. The van der Waals surface area contributed by atoms with E-state index in [0.717, 1.165) is 16.3 Å². The number of imide groups is 1.